The summed E-state index contributed by atoms with van der Waals surface area (Å²) in [6, 6.07) is 8.22. The Morgan fingerprint density at radius 1 is 1.15 bits per heavy atom. The van der Waals surface area contributed by atoms with Gasteiger partial charge in [0.25, 0.3) is 5.91 Å². The quantitative estimate of drug-likeness (QED) is 0.466. The summed E-state index contributed by atoms with van der Waals surface area (Å²) < 4.78 is 41.4. The summed E-state index contributed by atoms with van der Waals surface area (Å²) in [6.45, 7) is 0.537. The Kier molecular flexibility index (Phi) is 5.43. The van der Waals surface area contributed by atoms with E-state index in [2.05, 4.69) is 20.3 Å². The first-order chi connectivity index (χ1) is 16.3. The van der Waals surface area contributed by atoms with Gasteiger partial charge in [0.05, 0.1) is 35.4 Å². The second kappa shape index (κ2) is 8.44. The van der Waals surface area contributed by atoms with Gasteiger partial charge in [0.15, 0.2) is 0 Å². The fraction of sp³-hybridized carbons (Fsp3) is 0.250. The second-order valence-corrected chi connectivity index (χ2v) is 8.26. The number of hydrogen-bond acceptors (Lipinski definition) is 4. The largest absolute Gasteiger partial charge is 0.416 e. The molecule has 1 atom stereocenters. The first-order valence-corrected chi connectivity index (χ1v) is 10.8. The maximum absolute atomic E-state index is 13.5. The lowest BCUT2D eigenvalue weighted by atomic mass is 9.99. The second-order valence-electron chi connectivity index (χ2n) is 8.26. The molecule has 0 aliphatic carbocycles. The Morgan fingerprint density at radius 2 is 2.00 bits per heavy atom. The van der Waals surface area contributed by atoms with E-state index in [1.54, 1.807) is 47.2 Å². The average Bonchev–Trinajstić information content (AvgIpc) is 3.58. The number of alkyl halides is 3. The molecule has 5 rings (SSSR count). The number of nitrogens with one attached hydrogen (secondary N) is 1. The van der Waals surface area contributed by atoms with Gasteiger partial charge in [-0.3, -0.25) is 19.6 Å². The summed E-state index contributed by atoms with van der Waals surface area (Å²) in [4.78, 5) is 19.6. The molecule has 10 heteroatoms. The van der Waals surface area contributed by atoms with Gasteiger partial charge >= 0.3 is 6.18 Å². The highest BCUT2D eigenvalue weighted by Gasteiger charge is 2.34. The van der Waals surface area contributed by atoms with Crippen LogP contribution in [0.5, 0.6) is 0 Å². The van der Waals surface area contributed by atoms with Crippen LogP contribution in [0.4, 0.5) is 13.2 Å². The molecule has 34 heavy (non-hydrogen) atoms. The number of H-pyrrole nitrogens is 1. The molecule has 0 unspecified atom stereocenters. The zero-order valence-electron chi connectivity index (χ0n) is 18.3. The SMILES string of the molecule is Cn1cc(-c2cc(C(=O)N3CCC[C@H]3c3[nH]ncc3-c3cccc(C(F)(F)F)c3)ccn2)cn1. The van der Waals surface area contributed by atoms with Crippen molar-refractivity contribution in [3.63, 3.8) is 0 Å². The third-order valence-electron chi connectivity index (χ3n) is 6.02. The summed E-state index contributed by atoms with van der Waals surface area (Å²) in [5.74, 6) is -0.167. The molecule has 0 spiro atoms. The van der Waals surface area contributed by atoms with E-state index in [-0.39, 0.29) is 11.9 Å². The van der Waals surface area contributed by atoms with Crippen molar-refractivity contribution in [2.75, 3.05) is 6.54 Å². The summed E-state index contributed by atoms with van der Waals surface area (Å²) in [5.41, 5.74) is 2.79. The van der Waals surface area contributed by atoms with Crippen LogP contribution in [-0.4, -0.2) is 42.3 Å². The number of aromatic amines is 1. The Labute approximate surface area is 193 Å². The molecule has 1 N–H and O–H groups in total. The normalized spacial score (nSPS) is 16.2. The molecule has 0 radical (unpaired) electrons. The van der Waals surface area contributed by atoms with Gasteiger partial charge < -0.3 is 4.90 Å². The highest BCUT2D eigenvalue weighted by molar-refractivity contribution is 5.95. The predicted octanol–water partition coefficient (Wildman–Crippen LogP) is 4.87. The molecule has 1 aromatic carbocycles. The van der Waals surface area contributed by atoms with Gasteiger partial charge in [0.2, 0.25) is 0 Å². The molecule has 1 saturated heterocycles. The smallest absolute Gasteiger partial charge is 0.330 e. The van der Waals surface area contributed by atoms with E-state index in [9.17, 15) is 18.0 Å². The Morgan fingerprint density at radius 3 is 2.76 bits per heavy atom. The van der Waals surface area contributed by atoms with E-state index < -0.39 is 11.7 Å². The van der Waals surface area contributed by atoms with Crippen molar-refractivity contribution in [1.82, 2.24) is 29.9 Å². The van der Waals surface area contributed by atoms with Gasteiger partial charge in [-0.1, -0.05) is 12.1 Å². The van der Waals surface area contributed by atoms with E-state index in [4.69, 9.17) is 0 Å². The number of likely N-dealkylation sites (tertiary alicyclic amines) is 1. The number of amides is 1. The minimum Gasteiger partial charge on any atom is -0.330 e. The van der Waals surface area contributed by atoms with E-state index in [0.717, 1.165) is 24.1 Å². The summed E-state index contributed by atoms with van der Waals surface area (Å²) in [6.07, 6.45) is 3.62. The molecule has 4 heterocycles. The number of carbonyl (C=O) groups excluding carboxylic acids is 1. The van der Waals surface area contributed by atoms with Gasteiger partial charge in [-0.05, 0) is 42.7 Å². The molecule has 1 fully saturated rings. The van der Waals surface area contributed by atoms with Crippen LogP contribution in [0.25, 0.3) is 22.4 Å². The van der Waals surface area contributed by atoms with Gasteiger partial charge in [-0.25, -0.2) is 0 Å². The maximum atomic E-state index is 13.5. The van der Waals surface area contributed by atoms with Crippen LogP contribution >= 0.6 is 0 Å². The molecular formula is C24H21F3N6O. The summed E-state index contributed by atoms with van der Waals surface area (Å²) in [7, 11) is 1.81. The third-order valence-corrected chi connectivity index (χ3v) is 6.02. The number of nitrogens with zero attached hydrogens (tertiary/aromatic N) is 5. The number of benzene rings is 1. The summed E-state index contributed by atoms with van der Waals surface area (Å²) >= 11 is 0. The van der Waals surface area contributed by atoms with Crippen molar-refractivity contribution in [1.29, 1.82) is 0 Å². The van der Waals surface area contributed by atoms with Crippen LogP contribution in [0.2, 0.25) is 0 Å². The van der Waals surface area contributed by atoms with E-state index in [1.165, 1.54) is 12.3 Å². The highest BCUT2D eigenvalue weighted by atomic mass is 19.4. The van der Waals surface area contributed by atoms with Crippen molar-refractivity contribution >= 4 is 5.91 Å². The van der Waals surface area contributed by atoms with E-state index in [1.807, 2.05) is 6.20 Å². The molecule has 0 bridgehead atoms. The maximum Gasteiger partial charge on any atom is 0.416 e. The fourth-order valence-electron chi connectivity index (χ4n) is 4.39. The van der Waals surface area contributed by atoms with Crippen LogP contribution in [0, 0.1) is 0 Å². The van der Waals surface area contributed by atoms with Crippen molar-refractivity contribution < 1.29 is 18.0 Å². The highest BCUT2D eigenvalue weighted by Crippen LogP contribution is 2.39. The average molecular weight is 466 g/mol. The molecule has 3 aromatic heterocycles. The molecule has 0 saturated carbocycles. The lowest BCUT2D eigenvalue weighted by Gasteiger charge is -2.25. The number of pyridine rings is 1. The number of aromatic nitrogens is 5. The van der Waals surface area contributed by atoms with Crippen LogP contribution < -0.4 is 0 Å². The molecule has 174 valence electrons. The van der Waals surface area contributed by atoms with Gasteiger partial charge in [-0.2, -0.15) is 23.4 Å². The first kappa shape index (κ1) is 21.9. The van der Waals surface area contributed by atoms with E-state index >= 15 is 0 Å². The van der Waals surface area contributed by atoms with Crippen LogP contribution in [0.3, 0.4) is 0 Å². The minimum atomic E-state index is -4.44. The van der Waals surface area contributed by atoms with Crippen molar-refractivity contribution in [3.8, 4) is 22.4 Å². The fourth-order valence-corrected chi connectivity index (χ4v) is 4.39. The van der Waals surface area contributed by atoms with Crippen LogP contribution in [-0.2, 0) is 13.2 Å². The zero-order valence-corrected chi connectivity index (χ0v) is 18.3. The zero-order chi connectivity index (χ0) is 23.9. The number of carbonyl (C=O) groups is 1. The van der Waals surface area contributed by atoms with Gasteiger partial charge in [0.1, 0.15) is 0 Å². The number of aryl methyl sites for hydroxylation is 1. The minimum absolute atomic E-state index is 0.167. The Hall–Kier alpha value is -3.95. The summed E-state index contributed by atoms with van der Waals surface area (Å²) in [5, 5.41) is 11.2. The molecule has 4 aromatic rings. The topological polar surface area (TPSA) is 79.7 Å². The number of hydrogen-bond donors (Lipinski definition) is 1. The van der Waals surface area contributed by atoms with Crippen molar-refractivity contribution in [2.24, 2.45) is 7.05 Å². The first-order valence-electron chi connectivity index (χ1n) is 10.8. The Bertz CT molecular complexity index is 1340. The number of rotatable bonds is 4. The lowest BCUT2D eigenvalue weighted by Crippen LogP contribution is -2.31. The van der Waals surface area contributed by atoms with Crippen molar-refractivity contribution in [3.05, 3.63) is 78.0 Å². The van der Waals surface area contributed by atoms with Crippen LogP contribution in [0.1, 0.15) is 40.5 Å². The van der Waals surface area contributed by atoms with Crippen molar-refractivity contribution in [2.45, 2.75) is 25.1 Å². The third kappa shape index (κ3) is 4.07. The number of halogens is 3. The molecule has 7 nitrogen and oxygen atoms in total. The van der Waals surface area contributed by atoms with Gasteiger partial charge in [-0.15, -0.1) is 0 Å². The standard InChI is InChI=1S/C24H21F3N6O/c1-32-14-17(12-30-32)20-11-16(7-8-28-20)23(34)33-9-3-6-21(33)22-19(13-29-31-22)15-4-2-5-18(10-15)24(25,26)27/h2,4-5,7-8,10-14,21H,3,6,9H2,1H3,(H,29,31)/t21-/m0/s1. The van der Waals surface area contributed by atoms with Gasteiger partial charge in [0, 0.05) is 42.7 Å². The van der Waals surface area contributed by atoms with Crippen LogP contribution in [0.15, 0.2) is 61.2 Å². The van der Waals surface area contributed by atoms with E-state index in [0.29, 0.717) is 41.0 Å². The lowest BCUT2D eigenvalue weighted by molar-refractivity contribution is -0.137. The predicted molar refractivity (Wildman–Crippen MR) is 118 cm³/mol. The Balaban J connectivity index is 1.45. The molecule has 1 amide bonds. The molecular weight excluding hydrogens is 445 g/mol. The molecule has 1 aliphatic rings. The molecule has 1 aliphatic heterocycles. The monoisotopic (exact) mass is 466 g/mol.